The lowest BCUT2D eigenvalue weighted by Gasteiger charge is -2.29. The molecule has 1 aromatic carbocycles. The third kappa shape index (κ3) is 3.18. The third-order valence-corrected chi connectivity index (χ3v) is 4.64. The molecule has 1 atom stereocenters. The molecule has 1 unspecified atom stereocenters. The molecule has 1 N–H and O–H groups in total. The SMILES string of the molecule is CC(C)N1CCCC(O)(c2cccc(Br)c2F)CC1. The quantitative estimate of drug-likeness (QED) is 0.894. The van der Waals surface area contributed by atoms with Crippen molar-refractivity contribution < 1.29 is 9.50 Å². The topological polar surface area (TPSA) is 23.5 Å². The van der Waals surface area contributed by atoms with Gasteiger partial charge in [0.25, 0.3) is 0 Å². The molecule has 1 saturated heterocycles. The van der Waals surface area contributed by atoms with Gasteiger partial charge < -0.3 is 10.0 Å². The molecule has 1 heterocycles. The van der Waals surface area contributed by atoms with Gasteiger partial charge in [0, 0.05) is 18.2 Å². The molecule has 2 nitrogen and oxygen atoms in total. The van der Waals surface area contributed by atoms with Crippen LogP contribution in [0.5, 0.6) is 0 Å². The Hall–Kier alpha value is -0.450. The van der Waals surface area contributed by atoms with Gasteiger partial charge in [0.15, 0.2) is 0 Å². The minimum Gasteiger partial charge on any atom is -0.385 e. The van der Waals surface area contributed by atoms with Gasteiger partial charge in [-0.05, 0) is 61.7 Å². The van der Waals surface area contributed by atoms with Crippen molar-refractivity contribution in [3.8, 4) is 0 Å². The second kappa shape index (κ2) is 5.90. The van der Waals surface area contributed by atoms with Crippen LogP contribution in [0.4, 0.5) is 4.39 Å². The standard InChI is InChI=1S/C15H21BrFNO/c1-11(2)18-9-4-7-15(19,8-10-18)12-5-3-6-13(16)14(12)17/h3,5-6,11,19H,4,7-10H2,1-2H3. The van der Waals surface area contributed by atoms with E-state index in [-0.39, 0.29) is 5.82 Å². The maximum Gasteiger partial charge on any atom is 0.143 e. The van der Waals surface area contributed by atoms with Gasteiger partial charge >= 0.3 is 0 Å². The summed E-state index contributed by atoms with van der Waals surface area (Å²) in [5.74, 6) is -0.331. The summed E-state index contributed by atoms with van der Waals surface area (Å²) < 4.78 is 14.6. The van der Waals surface area contributed by atoms with E-state index in [0.717, 1.165) is 19.5 Å². The van der Waals surface area contributed by atoms with Crippen molar-refractivity contribution in [1.29, 1.82) is 0 Å². The number of halogens is 2. The first-order chi connectivity index (χ1) is 8.94. The number of rotatable bonds is 2. The maximum absolute atomic E-state index is 14.2. The van der Waals surface area contributed by atoms with Crippen LogP contribution in [0.2, 0.25) is 0 Å². The largest absolute Gasteiger partial charge is 0.385 e. The van der Waals surface area contributed by atoms with Gasteiger partial charge in [-0.3, -0.25) is 0 Å². The van der Waals surface area contributed by atoms with Crippen LogP contribution in [0.3, 0.4) is 0 Å². The molecule has 1 fully saturated rings. The smallest absolute Gasteiger partial charge is 0.143 e. The Morgan fingerprint density at radius 2 is 2.05 bits per heavy atom. The number of hydrogen-bond acceptors (Lipinski definition) is 2. The molecular formula is C15H21BrFNO. The molecule has 0 saturated carbocycles. The maximum atomic E-state index is 14.2. The van der Waals surface area contributed by atoms with Crippen LogP contribution in [-0.4, -0.2) is 29.1 Å². The second-order valence-electron chi connectivity index (χ2n) is 5.62. The molecule has 4 heteroatoms. The lowest BCUT2D eigenvalue weighted by atomic mass is 9.86. The van der Waals surface area contributed by atoms with Crippen molar-refractivity contribution in [3.63, 3.8) is 0 Å². The summed E-state index contributed by atoms with van der Waals surface area (Å²) in [4.78, 5) is 2.34. The van der Waals surface area contributed by atoms with Crippen LogP contribution in [0.1, 0.15) is 38.7 Å². The monoisotopic (exact) mass is 329 g/mol. The van der Waals surface area contributed by atoms with E-state index in [2.05, 4.69) is 34.7 Å². The fourth-order valence-corrected chi connectivity index (χ4v) is 3.16. The van der Waals surface area contributed by atoms with Crippen molar-refractivity contribution in [1.82, 2.24) is 4.90 Å². The van der Waals surface area contributed by atoms with Crippen LogP contribution < -0.4 is 0 Å². The van der Waals surface area contributed by atoms with Crippen LogP contribution in [0, 0.1) is 5.82 Å². The van der Waals surface area contributed by atoms with Crippen molar-refractivity contribution in [3.05, 3.63) is 34.1 Å². The highest BCUT2D eigenvalue weighted by Crippen LogP contribution is 2.36. The first kappa shape index (κ1) is 14.9. The minimum absolute atomic E-state index is 0.331. The summed E-state index contributed by atoms with van der Waals surface area (Å²) in [5.41, 5.74) is -0.621. The molecule has 0 amide bonds. The fourth-order valence-electron chi connectivity index (χ4n) is 2.79. The highest BCUT2D eigenvalue weighted by molar-refractivity contribution is 9.10. The van der Waals surface area contributed by atoms with Gasteiger partial charge in [-0.25, -0.2) is 4.39 Å². The molecule has 0 aliphatic carbocycles. The van der Waals surface area contributed by atoms with Gasteiger partial charge in [-0.15, -0.1) is 0 Å². The third-order valence-electron chi connectivity index (χ3n) is 4.03. The van der Waals surface area contributed by atoms with E-state index in [9.17, 15) is 9.50 Å². The molecule has 0 bridgehead atoms. The molecule has 1 aliphatic rings. The second-order valence-corrected chi connectivity index (χ2v) is 6.47. The Morgan fingerprint density at radius 1 is 1.32 bits per heavy atom. The number of aliphatic hydroxyl groups is 1. The van der Waals surface area contributed by atoms with Gasteiger partial charge in [-0.2, -0.15) is 0 Å². The van der Waals surface area contributed by atoms with E-state index in [0.29, 0.717) is 28.9 Å². The van der Waals surface area contributed by atoms with Crippen molar-refractivity contribution in [2.45, 2.75) is 44.8 Å². The molecule has 1 aliphatic heterocycles. The summed E-state index contributed by atoms with van der Waals surface area (Å²) >= 11 is 3.19. The van der Waals surface area contributed by atoms with E-state index in [4.69, 9.17) is 0 Å². The summed E-state index contributed by atoms with van der Waals surface area (Å²) in [7, 11) is 0. The highest BCUT2D eigenvalue weighted by atomic mass is 79.9. The van der Waals surface area contributed by atoms with E-state index in [1.165, 1.54) is 0 Å². The summed E-state index contributed by atoms with van der Waals surface area (Å²) in [6, 6.07) is 5.62. The zero-order valence-corrected chi connectivity index (χ0v) is 13.1. The minimum atomic E-state index is -1.04. The van der Waals surface area contributed by atoms with Crippen LogP contribution in [-0.2, 0) is 5.60 Å². The predicted octanol–water partition coefficient (Wildman–Crippen LogP) is 3.67. The number of likely N-dealkylation sites (tertiary alicyclic amines) is 1. The number of benzene rings is 1. The Morgan fingerprint density at radius 3 is 2.74 bits per heavy atom. The number of hydrogen-bond donors (Lipinski definition) is 1. The molecular weight excluding hydrogens is 309 g/mol. The molecule has 0 spiro atoms. The molecule has 106 valence electrons. The van der Waals surface area contributed by atoms with Crippen molar-refractivity contribution >= 4 is 15.9 Å². The molecule has 1 aromatic rings. The van der Waals surface area contributed by atoms with Crippen LogP contribution in [0.25, 0.3) is 0 Å². The van der Waals surface area contributed by atoms with E-state index in [1.807, 2.05) is 0 Å². The Kier molecular flexibility index (Phi) is 4.64. The van der Waals surface area contributed by atoms with E-state index >= 15 is 0 Å². The molecule has 0 radical (unpaired) electrons. The summed E-state index contributed by atoms with van der Waals surface area (Å²) in [6.45, 7) is 6.09. The Labute approximate surface area is 122 Å². The van der Waals surface area contributed by atoms with Crippen LogP contribution >= 0.6 is 15.9 Å². The zero-order valence-electron chi connectivity index (χ0n) is 11.5. The average Bonchev–Trinajstić information content (AvgIpc) is 2.55. The van der Waals surface area contributed by atoms with Gasteiger partial charge in [0.05, 0.1) is 10.1 Å². The number of nitrogens with zero attached hydrogens (tertiary/aromatic N) is 1. The predicted molar refractivity (Wildman–Crippen MR) is 78.6 cm³/mol. The molecule has 0 aromatic heterocycles. The van der Waals surface area contributed by atoms with Gasteiger partial charge in [0.1, 0.15) is 5.82 Å². The zero-order chi connectivity index (χ0) is 14.0. The lowest BCUT2D eigenvalue weighted by molar-refractivity contribution is 0.0169. The van der Waals surface area contributed by atoms with Gasteiger partial charge in [-0.1, -0.05) is 12.1 Å². The van der Waals surface area contributed by atoms with Gasteiger partial charge in [0.2, 0.25) is 0 Å². The fraction of sp³-hybridized carbons (Fsp3) is 0.600. The molecule has 2 rings (SSSR count). The van der Waals surface area contributed by atoms with Crippen molar-refractivity contribution in [2.24, 2.45) is 0 Å². The first-order valence-electron chi connectivity index (χ1n) is 6.85. The molecule has 19 heavy (non-hydrogen) atoms. The van der Waals surface area contributed by atoms with Crippen LogP contribution in [0.15, 0.2) is 22.7 Å². The average molecular weight is 330 g/mol. The van der Waals surface area contributed by atoms with E-state index in [1.54, 1.807) is 18.2 Å². The van der Waals surface area contributed by atoms with Crippen molar-refractivity contribution in [2.75, 3.05) is 13.1 Å². The summed E-state index contributed by atoms with van der Waals surface area (Å²) in [6.07, 6.45) is 2.09. The lowest BCUT2D eigenvalue weighted by Crippen LogP contribution is -2.33. The normalized spacial score (nSPS) is 25.6. The highest BCUT2D eigenvalue weighted by Gasteiger charge is 2.35. The Bertz CT molecular complexity index is 452. The van der Waals surface area contributed by atoms with E-state index < -0.39 is 5.60 Å². The Balaban J connectivity index is 2.25. The summed E-state index contributed by atoms with van der Waals surface area (Å²) in [5, 5.41) is 10.8. The first-order valence-corrected chi connectivity index (χ1v) is 7.64.